The van der Waals surface area contributed by atoms with Crippen LogP contribution in [0.3, 0.4) is 0 Å². The zero-order valence-electron chi connectivity index (χ0n) is 13.6. The fourth-order valence-electron chi connectivity index (χ4n) is 2.75. The molecule has 2 aromatic rings. The quantitative estimate of drug-likeness (QED) is 0.833. The molecule has 1 heterocycles. The number of hydrogen-bond donors (Lipinski definition) is 1. The maximum absolute atomic E-state index is 4.67. The smallest absolute Gasteiger partial charge is 0.0628 e. The minimum absolute atomic E-state index is 0.375. The zero-order chi connectivity index (χ0) is 15.2. The fraction of sp³-hybridized carbons (Fsp3) is 0.500. The predicted molar refractivity (Wildman–Crippen MR) is 88.3 cm³/mol. The molecule has 0 aliphatic heterocycles. The Bertz CT molecular complexity index is 530. The number of rotatable bonds is 7. The van der Waals surface area contributed by atoms with E-state index < -0.39 is 0 Å². The summed E-state index contributed by atoms with van der Waals surface area (Å²) < 4.78 is 2.03. The molecule has 2 unspecified atom stereocenters. The first-order chi connectivity index (χ1) is 10.1. The van der Waals surface area contributed by atoms with Gasteiger partial charge in [0.05, 0.1) is 5.69 Å². The van der Waals surface area contributed by atoms with Crippen molar-refractivity contribution < 1.29 is 0 Å². The molecule has 0 saturated carbocycles. The van der Waals surface area contributed by atoms with Gasteiger partial charge in [-0.05, 0) is 44.4 Å². The highest BCUT2D eigenvalue weighted by molar-refractivity contribution is 5.20. The molecule has 0 amide bonds. The lowest BCUT2D eigenvalue weighted by Gasteiger charge is -2.25. The molecular weight excluding hydrogens is 258 g/mol. The van der Waals surface area contributed by atoms with Gasteiger partial charge in [0.1, 0.15) is 0 Å². The fourth-order valence-corrected chi connectivity index (χ4v) is 2.75. The molecule has 2 atom stereocenters. The summed E-state index contributed by atoms with van der Waals surface area (Å²) in [7, 11) is 0. The van der Waals surface area contributed by atoms with Gasteiger partial charge in [0, 0.05) is 18.3 Å². The van der Waals surface area contributed by atoms with Crippen LogP contribution in [-0.4, -0.2) is 16.3 Å². The molecule has 0 bridgehead atoms. The molecule has 1 N–H and O–H groups in total. The highest BCUT2D eigenvalue weighted by Gasteiger charge is 2.19. The normalized spacial score (nSPS) is 14.3. The largest absolute Gasteiger partial charge is 0.310 e. The van der Waals surface area contributed by atoms with Crippen molar-refractivity contribution in [3.8, 4) is 0 Å². The van der Waals surface area contributed by atoms with E-state index in [-0.39, 0.29) is 0 Å². The molecule has 114 valence electrons. The van der Waals surface area contributed by atoms with E-state index in [2.05, 4.69) is 80.7 Å². The number of aromatic nitrogens is 2. The molecular formula is C18H27N3. The molecule has 0 fully saturated rings. The van der Waals surface area contributed by atoms with Gasteiger partial charge in [-0.25, -0.2) is 0 Å². The molecule has 0 radical (unpaired) electrons. The van der Waals surface area contributed by atoms with Crippen molar-refractivity contribution in [1.29, 1.82) is 0 Å². The number of nitrogens with zero attached hydrogens (tertiary/aromatic N) is 2. The standard InChI is InChI=1S/C18H27N3/c1-5-19-18(16-9-7-6-8-10-16)15(4)13-17-11-12-21(20-17)14(2)3/h6-12,14-15,18-19H,5,13H2,1-4H3. The van der Waals surface area contributed by atoms with Crippen LogP contribution in [0.4, 0.5) is 0 Å². The molecule has 0 saturated heterocycles. The van der Waals surface area contributed by atoms with Crippen molar-refractivity contribution in [2.45, 2.75) is 46.2 Å². The monoisotopic (exact) mass is 285 g/mol. The SMILES string of the molecule is CCNC(c1ccccc1)C(C)Cc1ccn(C(C)C)n1. The summed E-state index contributed by atoms with van der Waals surface area (Å²) in [6.07, 6.45) is 3.07. The minimum Gasteiger partial charge on any atom is -0.310 e. The molecule has 0 aliphatic carbocycles. The van der Waals surface area contributed by atoms with Gasteiger partial charge in [-0.15, -0.1) is 0 Å². The Morgan fingerprint density at radius 1 is 1.10 bits per heavy atom. The Balaban J connectivity index is 2.09. The highest BCUT2D eigenvalue weighted by atomic mass is 15.3. The third-order valence-electron chi connectivity index (χ3n) is 3.88. The van der Waals surface area contributed by atoms with Crippen LogP contribution in [0.1, 0.15) is 51.0 Å². The summed E-state index contributed by atoms with van der Waals surface area (Å²) in [5, 5.41) is 8.29. The van der Waals surface area contributed by atoms with E-state index in [9.17, 15) is 0 Å². The van der Waals surface area contributed by atoms with Crippen LogP contribution in [0.5, 0.6) is 0 Å². The van der Waals surface area contributed by atoms with Crippen LogP contribution in [0.2, 0.25) is 0 Å². The van der Waals surface area contributed by atoms with E-state index in [1.54, 1.807) is 0 Å². The number of hydrogen-bond acceptors (Lipinski definition) is 2. The van der Waals surface area contributed by atoms with Gasteiger partial charge in [0.2, 0.25) is 0 Å². The first kappa shape index (κ1) is 15.8. The summed E-state index contributed by atoms with van der Waals surface area (Å²) in [5.41, 5.74) is 2.53. The van der Waals surface area contributed by atoms with Gasteiger partial charge in [0.15, 0.2) is 0 Å². The molecule has 0 aliphatic rings. The van der Waals surface area contributed by atoms with E-state index in [1.165, 1.54) is 11.3 Å². The Labute approximate surface area is 128 Å². The summed E-state index contributed by atoms with van der Waals surface area (Å²) >= 11 is 0. The van der Waals surface area contributed by atoms with Crippen molar-refractivity contribution in [1.82, 2.24) is 15.1 Å². The Kier molecular flexibility index (Phi) is 5.57. The molecule has 1 aromatic heterocycles. The van der Waals surface area contributed by atoms with Crippen LogP contribution >= 0.6 is 0 Å². The van der Waals surface area contributed by atoms with Gasteiger partial charge in [-0.1, -0.05) is 44.2 Å². The second-order valence-corrected chi connectivity index (χ2v) is 6.01. The second-order valence-electron chi connectivity index (χ2n) is 6.01. The Hall–Kier alpha value is -1.61. The molecule has 21 heavy (non-hydrogen) atoms. The van der Waals surface area contributed by atoms with Crippen molar-refractivity contribution >= 4 is 0 Å². The van der Waals surface area contributed by atoms with Crippen LogP contribution in [0.15, 0.2) is 42.6 Å². The van der Waals surface area contributed by atoms with Gasteiger partial charge in [-0.2, -0.15) is 5.10 Å². The number of nitrogens with one attached hydrogen (secondary N) is 1. The summed E-state index contributed by atoms with van der Waals surface area (Å²) in [6.45, 7) is 9.76. The predicted octanol–water partition coefficient (Wildman–Crippen LogP) is 3.99. The van der Waals surface area contributed by atoms with E-state index in [4.69, 9.17) is 0 Å². The van der Waals surface area contributed by atoms with E-state index in [0.29, 0.717) is 18.0 Å². The maximum Gasteiger partial charge on any atom is 0.0628 e. The van der Waals surface area contributed by atoms with Gasteiger partial charge in [-0.3, -0.25) is 4.68 Å². The average Bonchev–Trinajstić information content (AvgIpc) is 2.94. The lowest BCUT2D eigenvalue weighted by Crippen LogP contribution is -2.28. The Morgan fingerprint density at radius 3 is 2.38 bits per heavy atom. The molecule has 0 spiro atoms. The molecule has 3 heteroatoms. The topological polar surface area (TPSA) is 29.9 Å². The van der Waals surface area contributed by atoms with Crippen LogP contribution in [-0.2, 0) is 6.42 Å². The van der Waals surface area contributed by atoms with E-state index >= 15 is 0 Å². The van der Waals surface area contributed by atoms with Gasteiger partial charge < -0.3 is 5.32 Å². The van der Waals surface area contributed by atoms with E-state index in [0.717, 1.165) is 13.0 Å². The summed E-state index contributed by atoms with van der Waals surface area (Å²) in [6, 6.07) is 13.6. The minimum atomic E-state index is 0.375. The molecule has 1 aromatic carbocycles. The van der Waals surface area contributed by atoms with Crippen LogP contribution in [0, 0.1) is 5.92 Å². The highest BCUT2D eigenvalue weighted by Crippen LogP contribution is 2.24. The van der Waals surface area contributed by atoms with Crippen LogP contribution in [0.25, 0.3) is 0 Å². The second kappa shape index (κ2) is 7.41. The van der Waals surface area contributed by atoms with E-state index in [1.807, 2.05) is 4.68 Å². The summed E-state index contributed by atoms with van der Waals surface area (Å²) in [5.74, 6) is 0.503. The van der Waals surface area contributed by atoms with Gasteiger partial charge >= 0.3 is 0 Å². The van der Waals surface area contributed by atoms with Crippen molar-refractivity contribution in [2.75, 3.05) is 6.54 Å². The zero-order valence-corrected chi connectivity index (χ0v) is 13.6. The molecule has 2 rings (SSSR count). The number of benzene rings is 1. The lowest BCUT2D eigenvalue weighted by atomic mass is 9.91. The maximum atomic E-state index is 4.67. The van der Waals surface area contributed by atoms with Gasteiger partial charge in [0.25, 0.3) is 0 Å². The van der Waals surface area contributed by atoms with Crippen molar-refractivity contribution in [3.63, 3.8) is 0 Å². The summed E-state index contributed by atoms with van der Waals surface area (Å²) in [4.78, 5) is 0. The lowest BCUT2D eigenvalue weighted by molar-refractivity contribution is 0.386. The first-order valence-corrected chi connectivity index (χ1v) is 7.94. The van der Waals surface area contributed by atoms with Crippen LogP contribution < -0.4 is 5.32 Å². The van der Waals surface area contributed by atoms with Crippen molar-refractivity contribution in [2.24, 2.45) is 5.92 Å². The Morgan fingerprint density at radius 2 is 1.81 bits per heavy atom. The molecule has 3 nitrogen and oxygen atoms in total. The third-order valence-corrected chi connectivity index (χ3v) is 3.88. The van der Waals surface area contributed by atoms with Crippen molar-refractivity contribution in [3.05, 3.63) is 53.9 Å². The average molecular weight is 285 g/mol. The first-order valence-electron chi connectivity index (χ1n) is 7.94. The third kappa shape index (κ3) is 4.18.